The third kappa shape index (κ3) is 3.82. The number of rotatable bonds is 4. The van der Waals surface area contributed by atoms with Gasteiger partial charge in [0, 0.05) is 44.7 Å². The van der Waals surface area contributed by atoms with Gasteiger partial charge < -0.3 is 9.88 Å². The molecule has 154 valence electrons. The van der Waals surface area contributed by atoms with Crippen molar-refractivity contribution in [3.05, 3.63) is 57.5 Å². The SMILES string of the molecule is CCS(=O)(=O)N1CCc2nc([C@H]3CCN(C(=O)c4ccccn4)C3)[nH]c(=O)c2C1. The van der Waals surface area contributed by atoms with Crippen molar-refractivity contribution in [1.29, 1.82) is 0 Å². The average molecular weight is 417 g/mol. The first kappa shape index (κ1) is 19.7. The number of aromatic amines is 1. The summed E-state index contributed by atoms with van der Waals surface area (Å²) in [4.78, 5) is 38.5. The predicted octanol–water partition coefficient (Wildman–Crippen LogP) is 0.502. The second-order valence-electron chi connectivity index (χ2n) is 7.31. The molecule has 2 aliphatic rings. The van der Waals surface area contributed by atoms with Crippen LogP contribution in [0.5, 0.6) is 0 Å². The summed E-state index contributed by atoms with van der Waals surface area (Å²) >= 11 is 0. The minimum atomic E-state index is -3.35. The number of pyridine rings is 1. The second-order valence-corrected chi connectivity index (χ2v) is 9.57. The van der Waals surface area contributed by atoms with Crippen LogP contribution >= 0.6 is 0 Å². The van der Waals surface area contributed by atoms with E-state index >= 15 is 0 Å². The van der Waals surface area contributed by atoms with E-state index in [9.17, 15) is 18.0 Å². The normalized spacial score (nSPS) is 19.9. The highest BCUT2D eigenvalue weighted by atomic mass is 32.2. The van der Waals surface area contributed by atoms with Gasteiger partial charge in [-0.05, 0) is 25.5 Å². The van der Waals surface area contributed by atoms with Gasteiger partial charge in [0.05, 0.1) is 17.0 Å². The van der Waals surface area contributed by atoms with E-state index in [4.69, 9.17) is 0 Å². The van der Waals surface area contributed by atoms with Gasteiger partial charge in [0.1, 0.15) is 11.5 Å². The molecule has 29 heavy (non-hydrogen) atoms. The summed E-state index contributed by atoms with van der Waals surface area (Å²) in [6.07, 6.45) is 2.71. The minimum absolute atomic E-state index is 0.00790. The van der Waals surface area contributed by atoms with Crippen LogP contribution < -0.4 is 5.56 Å². The number of hydrogen-bond donors (Lipinski definition) is 1. The molecule has 0 saturated carbocycles. The maximum atomic E-state index is 12.6. The van der Waals surface area contributed by atoms with Gasteiger partial charge in [0.2, 0.25) is 10.0 Å². The number of H-pyrrole nitrogens is 1. The van der Waals surface area contributed by atoms with Crippen molar-refractivity contribution in [2.45, 2.75) is 32.2 Å². The van der Waals surface area contributed by atoms with Crippen LogP contribution in [0.4, 0.5) is 0 Å². The Hall–Kier alpha value is -2.59. The topological polar surface area (TPSA) is 116 Å². The van der Waals surface area contributed by atoms with Gasteiger partial charge >= 0.3 is 0 Å². The number of carbonyl (C=O) groups is 1. The lowest BCUT2D eigenvalue weighted by atomic mass is 10.1. The van der Waals surface area contributed by atoms with Crippen LogP contribution in [0, 0.1) is 0 Å². The molecule has 1 atom stereocenters. The van der Waals surface area contributed by atoms with Crippen LogP contribution in [-0.2, 0) is 23.0 Å². The summed E-state index contributed by atoms with van der Waals surface area (Å²) in [7, 11) is -3.35. The molecule has 0 unspecified atom stereocenters. The molecule has 4 heterocycles. The highest BCUT2D eigenvalue weighted by Gasteiger charge is 2.32. The lowest BCUT2D eigenvalue weighted by Gasteiger charge is -2.27. The quantitative estimate of drug-likeness (QED) is 0.774. The van der Waals surface area contributed by atoms with Gasteiger partial charge in [-0.1, -0.05) is 6.07 Å². The highest BCUT2D eigenvalue weighted by Crippen LogP contribution is 2.26. The van der Waals surface area contributed by atoms with Crippen LogP contribution in [0.2, 0.25) is 0 Å². The van der Waals surface area contributed by atoms with Crippen molar-refractivity contribution in [1.82, 2.24) is 24.2 Å². The van der Waals surface area contributed by atoms with Crippen LogP contribution in [-0.4, -0.2) is 63.9 Å². The van der Waals surface area contributed by atoms with Crippen LogP contribution in [0.15, 0.2) is 29.2 Å². The number of sulfonamides is 1. The third-order valence-electron chi connectivity index (χ3n) is 5.56. The summed E-state index contributed by atoms with van der Waals surface area (Å²) in [5.74, 6) is 0.386. The number of nitrogens with one attached hydrogen (secondary N) is 1. The molecule has 2 aliphatic heterocycles. The lowest BCUT2D eigenvalue weighted by Crippen LogP contribution is -2.40. The van der Waals surface area contributed by atoms with Crippen LogP contribution in [0.3, 0.4) is 0 Å². The van der Waals surface area contributed by atoms with Gasteiger partial charge in [0.15, 0.2) is 0 Å². The van der Waals surface area contributed by atoms with E-state index in [0.717, 1.165) is 0 Å². The maximum Gasteiger partial charge on any atom is 0.272 e. The number of nitrogens with zero attached hydrogens (tertiary/aromatic N) is 4. The standard InChI is InChI=1S/C19H23N5O4S/c1-2-29(27,28)24-10-7-15-14(12-24)18(25)22-17(21-15)13-6-9-23(11-13)19(26)16-5-3-4-8-20-16/h3-5,8,13H,2,6-7,9-12H2,1H3,(H,21,22,25)/t13-/m0/s1. The van der Waals surface area contributed by atoms with E-state index < -0.39 is 10.0 Å². The van der Waals surface area contributed by atoms with Crippen molar-refractivity contribution >= 4 is 15.9 Å². The van der Waals surface area contributed by atoms with Gasteiger partial charge in [-0.15, -0.1) is 0 Å². The zero-order chi connectivity index (χ0) is 20.6. The Morgan fingerprint density at radius 1 is 1.31 bits per heavy atom. The molecular weight excluding hydrogens is 394 g/mol. The Labute approximate surface area is 168 Å². The number of amides is 1. The Morgan fingerprint density at radius 2 is 2.14 bits per heavy atom. The molecular formula is C19H23N5O4S. The Bertz CT molecular complexity index is 1080. The van der Waals surface area contributed by atoms with Gasteiger partial charge in [-0.3, -0.25) is 14.6 Å². The monoisotopic (exact) mass is 417 g/mol. The molecule has 2 aromatic rings. The first-order valence-corrected chi connectivity index (χ1v) is 11.3. The van der Waals surface area contributed by atoms with Crippen molar-refractivity contribution in [3.8, 4) is 0 Å². The fourth-order valence-corrected chi connectivity index (χ4v) is 4.91. The van der Waals surface area contributed by atoms with Gasteiger partial charge in [-0.2, -0.15) is 4.31 Å². The minimum Gasteiger partial charge on any atom is -0.337 e. The maximum absolute atomic E-state index is 12.6. The predicted molar refractivity (Wildman–Crippen MR) is 106 cm³/mol. The molecule has 0 aliphatic carbocycles. The molecule has 1 N–H and O–H groups in total. The first-order chi connectivity index (χ1) is 13.9. The van der Waals surface area contributed by atoms with Crippen molar-refractivity contribution < 1.29 is 13.2 Å². The van der Waals surface area contributed by atoms with Gasteiger partial charge in [0.25, 0.3) is 11.5 Å². The Kier molecular flexibility index (Phi) is 5.22. The lowest BCUT2D eigenvalue weighted by molar-refractivity contribution is 0.0784. The Morgan fingerprint density at radius 3 is 2.86 bits per heavy atom. The number of aromatic nitrogens is 3. The van der Waals surface area contributed by atoms with E-state index in [1.807, 2.05) is 0 Å². The zero-order valence-corrected chi connectivity index (χ0v) is 17.0. The fraction of sp³-hybridized carbons (Fsp3) is 0.474. The molecule has 0 radical (unpaired) electrons. The fourth-order valence-electron chi connectivity index (χ4n) is 3.85. The van der Waals surface area contributed by atoms with Gasteiger partial charge in [-0.25, -0.2) is 13.4 Å². The number of hydrogen-bond acceptors (Lipinski definition) is 6. The van der Waals surface area contributed by atoms with Crippen LogP contribution in [0.25, 0.3) is 0 Å². The highest BCUT2D eigenvalue weighted by molar-refractivity contribution is 7.89. The smallest absolute Gasteiger partial charge is 0.272 e. The van der Waals surface area contributed by atoms with E-state index in [1.54, 1.807) is 36.2 Å². The summed E-state index contributed by atoms with van der Waals surface area (Å²) in [5, 5.41) is 0. The molecule has 1 amide bonds. The van der Waals surface area contributed by atoms with Crippen LogP contribution in [0.1, 0.15) is 46.8 Å². The zero-order valence-electron chi connectivity index (χ0n) is 16.2. The van der Waals surface area contributed by atoms with Crippen molar-refractivity contribution in [2.75, 3.05) is 25.4 Å². The van der Waals surface area contributed by atoms with Crippen molar-refractivity contribution in [2.24, 2.45) is 0 Å². The summed E-state index contributed by atoms with van der Waals surface area (Å²) in [6.45, 7) is 3.02. The number of fused-ring (bicyclic) bond motifs is 1. The molecule has 1 fully saturated rings. The second kappa shape index (κ2) is 7.68. The molecule has 10 heteroatoms. The number of likely N-dealkylation sites (tertiary alicyclic amines) is 1. The number of carbonyl (C=O) groups excluding carboxylic acids is 1. The molecule has 4 rings (SSSR count). The largest absolute Gasteiger partial charge is 0.337 e. The van der Waals surface area contributed by atoms with E-state index in [2.05, 4.69) is 15.0 Å². The summed E-state index contributed by atoms with van der Waals surface area (Å²) in [5.41, 5.74) is 1.17. The first-order valence-electron chi connectivity index (χ1n) is 9.69. The molecule has 0 aromatic carbocycles. The van der Waals surface area contributed by atoms with E-state index in [-0.39, 0.29) is 29.7 Å². The Balaban J connectivity index is 1.52. The summed E-state index contributed by atoms with van der Waals surface area (Å²) in [6, 6.07) is 5.22. The molecule has 9 nitrogen and oxygen atoms in total. The molecule has 2 aromatic heterocycles. The van der Waals surface area contributed by atoms with E-state index in [1.165, 1.54) is 4.31 Å². The molecule has 0 bridgehead atoms. The average Bonchev–Trinajstić information content (AvgIpc) is 3.24. The van der Waals surface area contributed by atoms with E-state index in [0.29, 0.717) is 55.3 Å². The van der Waals surface area contributed by atoms with Crippen molar-refractivity contribution in [3.63, 3.8) is 0 Å². The third-order valence-corrected chi connectivity index (χ3v) is 7.38. The molecule has 1 saturated heterocycles. The summed E-state index contributed by atoms with van der Waals surface area (Å²) < 4.78 is 25.6. The molecule has 0 spiro atoms.